The monoisotopic (exact) mass is 482 g/mol. The maximum absolute atomic E-state index is 12.4. The van der Waals surface area contributed by atoms with Gasteiger partial charge in [0.2, 0.25) is 5.91 Å². The SMILES string of the molecule is COc1ccc(CNC(=O)CSc2nnc(C(C)Oc3ccc(C(C)C)cc3)n2C(C)C)cc1. The number of benzene rings is 2. The maximum atomic E-state index is 12.4. The zero-order valence-corrected chi connectivity index (χ0v) is 21.6. The van der Waals surface area contributed by atoms with Crippen LogP contribution in [-0.2, 0) is 11.3 Å². The van der Waals surface area contributed by atoms with Gasteiger partial charge in [0, 0.05) is 12.6 Å². The first-order valence-electron chi connectivity index (χ1n) is 11.5. The number of thioether (sulfide) groups is 1. The van der Waals surface area contributed by atoms with Crippen LogP contribution in [0.1, 0.15) is 69.6 Å². The Balaban J connectivity index is 1.59. The van der Waals surface area contributed by atoms with Crippen molar-refractivity contribution < 1.29 is 14.3 Å². The molecule has 3 aromatic rings. The summed E-state index contributed by atoms with van der Waals surface area (Å²) in [4.78, 5) is 12.4. The molecule has 0 fully saturated rings. The minimum atomic E-state index is -0.280. The van der Waals surface area contributed by atoms with Gasteiger partial charge in [0.25, 0.3) is 0 Å². The number of nitrogens with one attached hydrogen (secondary N) is 1. The third kappa shape index (κ3) is 6.76. The fourth-order valence-electron chi connectivity index (χ4n) is 3.46. The molecule has 0 saturated heterocycles. The van der Waals surface area contributed by atoms with Crippen LogP contribution in [0.2, 0.25) is 0 Å². The Morgan fingerprint density at radius 1 is 0.971 bits per heavy atom. The largest absolute Gasteiger partial charge is 0.497 e. The number of ether oxygens (including phenoxy) is 2. The molecule has 0 saturated carbocycles. The fraction of sp³-hybridized carbons (Fsp3) is 0.423. The minimum absolute atomic E-state index is 0.0600. The Kier molecular flexibility index (Phi) is 8.98. The average Bonchev–Trinajstić information content (AvgIpc) is 3.26. The van der Waals surface area contributed by atoms with Crippen LogP contribution in [0.4, 0.5) is 0 Å². The molecule has 0 aliphatic carbocycles. The highest BCUT2D eigenvalue weighted by molar-refractivity contribution is 7.99. The first kappa shape index (κ1) is 25.6. The predicted molar refractivity (Wildman–Crippen MR) is 136 cm³/mol. The van der Waals surface area contributed by atoms with Crippen LogP contribution in [0.5, 0.6) is 11.5 Å². The summed E-state index contributed by atoms with van der Waals surface area (Å²) in [6.07, 6.45) is -0.280. The molecule has 1 aromatic heterocycles. The van der Waals surface area contributed by atoms with Gasteiger partial charge in [-0.25, -0.2) is 0 Å². The van der Waals surface area contributed by atoms with Crippen molar-refractivity contribution in [3.8, 4) is 11.5 Å². The minimum Gasteiger partial charge on any atom is -0.497 e. The van der Waals surface area contributed by atoms with Crippen LogP contribution >= 0.6 is 11.8 Å². The Hall–Kier alpha value is -3.00. The van der Waals surface area contributed by atoms with Crippen LogP contribution in [0, 0.1) is 0 Å². The van der Waals surface area contributed by atoms with E-state index in [-0.39, 0.29) is 23.8 Å². The molecular formula is C26H34N4O3S. The van der Waals surface area contributed by atoms with E-state index in [2.05, 4.69) is 55.3 Å². The summed E-state index contributed by atoms with van der Waals surface area (Å²) in [5, 5.41) is 12.4. The van der Waals surface area contributed by atoms with Crippen LogP contribution < -0.4 is 14.8 Å². The molecule has 0 aliphatic rings. The molecule has 1 unspecified atom stereocenters. The first-order valence-corrected chi connectivity index (χ1v) is 12.5. The third-order valence-corrected chi connectivity index (χ3v) is 6.35. The molecule has 1 atom stereocenters. The van der Waals surface area contributed by atoms with Crippen molar-refractivity contribution in [2.75, 3.05) is 12.9 Å². The van der Waals surface area contributed by atoms with Crippen LogP contribution in [-0.4, -0.2) is 33.5 Å². The number of rotatable bonds is 11. The summed E-state index contributed by atoms with van der Waals surface area (Å²) in [6, 6.07) is 15.9. The summed E-state index contributed by atoms with van der Waals surface area (Å²) in [6.45, 7) is 10.9. The number of amides is 1. The molecule has 1 amide bonds. The van der Waals surface area contributed by atoms with Gasteiger partial charge in [0.1, 0.15) is 11.5 Å². The van der Waals surface area contributed by atoms with Crippen molar-refractivity contribution in [1.29, 1.82) is 0 Å². The molecule has 1 N–H and O–H groups in total. The van der Waals surface area contributed by atoms with Gasteiger partial charge in [-0.3, -0.25) is 4.79 Å². The van der Waals surface area contributed by atoms with E-state index in [0.717, 1.165) is 22.9 Å². The second-order valence-corrected chi connectivity index (χ2v) is 9.64. The Morgan fingerprint density at radius 2 is 1.62 bits per heavy atom. The molecule has 182 valence electrons. The number of carbonyl (C=O) groups excluding carboxylic acids is 1. The lowest BCUT2D eigenvalue weighted by atomic mass is 10.0. The number of hydrogen-bond donors (Lipinski definition) is 1. The van der Waals surface area contributed by atoms with Crippen LogP contribution in [0.3, 0.4) is 0 Å². The lowest BCUT2D eigenvalue weighted by Gasteiger charge is -2.19. The second-order valence-electron chi connectivity index (χ2n) is 8.70. The smallest absolute Gasteiger partial charge is 0.230 e. The normalized spacial score (nSPS) is 12.1. The molecule has 8 heteroatoms. The van der Waals surface area contributed by atoms with Crippen molar-refractivity contribution in [2.45, 2.75) is 64.4 Å². The van der Waals surface area contributed by atoms with E-state index in [1.165, 1.54) is 17.3 Å². The van der Waals surface area contributed by atoms with Crippen molar-refractivity contribution in [3.05, 3.63) is 65.5 Å². The molecule has 0 bridgehead atoms. The van der Waals surface area contributed by atoms with Crippen LogP contribution in [0.15, 0.2) is 53.7 Å². The summed E-state index contributed by atoms with van der Waals surface area (Å²) in [5.74, 6) is 3.00. The summed E-state index contributed by atoms with van der Waals surface area (Å²) >= 11 is 1.38. The van der Waals surface area contributed by atoms with Gasteiger partial charge < -0.3 is 19.4 Å². The van der Waals surface area contributed by atoms with Gasteiger partial charge in [-0.2, -0.15) is 0 Å². The first-order chi connectivity index (χ1) is 16.3. The van der Waals surface area contributed by atoms with Crippen molar-refractivity contribution >= 4 is 17.7 Å². The maximum Gasteiger partial charge on any atom is 0.230 e. The molecule has 7 nitrogen and oxygen atoms in total. The van der Waals surface area contributed by atoms with Crippen LogP contribution in [0.25, 0.3) is 0 Å². The van der Waals surface area contributed by atoms with Crippen molar-refractivity contribution in [1.82, 2.24) is 20.1 Å². The Morgan fingerprint density at radius 3 is 2.21 bits per heavy atom. The van der Waals surface area contributed by atoms with E-state index in [9.17, 15) is 4.79 Å². The number of hydrogen-bond acceptors (Lipinski definition) is 6. The topological polar surface area (TPSA) is 78.3 Å². The Bertz CT molecular complexity index is 1060. The van der Waals surface area contributed by atoms with Gasteiger partial charge >= 0.3 is 0 Å². The van der Waals surface area contributed by atoms with Crippen molar-refractivity contribution in [3.63, 3.8) is 0 Å². The number of carbonyl (C=O) groups is 1. The fourth-order valence-corrected chi connectivity index (χ4v) is 4.37. The molecule has 2 aromatic carbocycles. The summed E-state index contributed by atoms with van der Waals surface area (Å²) < 4.78 is 13.3. The number of nitrogens with zero attached hydrogens (tertiary/aromatic N) is 3. The van der Waals surface area contributed by atoms with E-state index in [4.69, 9.17) is 9.47 Å². The molecule has 0 spiro atoms. The Labute approximate surface area is 206 Å². The summed E-state index contributed by atoms with van der Waals surface area (Å²) in [7, 11) is 1.63. The third-order valence-electron chi connectivity index (χ3n) is 5.41. The molecule has 0 radical (unpaired) electrons. The highest BCUT2D eigenvalue weighted by atomic mass is 32.2. The zero-order valence-electron chi connectivity index (χ0n) is 20.7. The molecule has 0 aliphatic heterocycles. The molecule has 34 heavy (non-hydrogen) atoms. The lowest BCUT2D eigenvalue weighted by Crippen LogP contribution is -2.24. The summed E-state index contributed by atoms with van der Waals surface area (Å²) in [5.41, 5.74) is 2.29. The number of methoxy groups -OCH3 is 1. The van der Waals surface area contributed by atoms with E-state index in [0.29, 0.717) is 17.6 Å². The van der Waals surface area contributed by atoms with Gasteiger partial charge in [0.15, 0.2) is 17.1 Å². The van der Waals surface area contributed by atoms with Gasteiger partial charge in [-0.15, -0.1) is 10.2 Å². The van der Waals surface area contributed by atoms with E-state index in [1.54, 1.807) is 7.11 Å². The van der Waals surface area contributed by atoms with E-state index < -0.39 is 0 Å². The average molecular weight is 483 g/mol. The second kappa shape index (κ2) is 11.9. The zero-order chi connectivity index (χ0) is 24.7. The van der Waals surface area contributed by atoms with Gasteiger partial charge in [0.05, 0.1) is 12.9 Å². The quantitative estimate of drug-likeness (QED) is 0.362. The standard InChI is InChI=1S/C26H34N4O3S/c1-17(2)21-9-13-23(14-10-21)33-19(5)25-28-29-26(30(25)18(3)4)34-16-24(31)27-15-20-7-11-22(32-6)12-8-20/h7-14,17-19H,15-16H2,1-6H3,(H,27,31). The van der Waals surface area contributed by atoms with Crippen molar-refractivity contribution in [2.24, 2.45) is 0 Å². The molecular weight excluding hydrogens is 448 g/mol. The van der Waals surface area contributed by atoms with Gasteiger partial charge in [-0.1, -0.05) is 49.9 Å². The molecule has 3 rings (SSSR count). The van der Waals surface area contributed by atoms with E-state index in [1.807, 2.05) is 47.9 Å². The number of aromatic nitrogens is 3. The lowest BCUT2D eigenvalue weighted by molar-refractivity contribution is -0.118. The van der Waals surface area contributed by atoms with E-state index >= 15 is 0 Å². The van der Waals surface area contributed by atoms with Gasteiger partial charge in [-0.05, 0) is 62.1 Å². The predicted octanol–water partition coefficient (Wildman–Crippen LogP) is 5.54. The highest BCUT2D eigenvalue weighted by Crippen LogP contribution is 2.28. The molecule has 1 heterocycles. The highest BCUT2D eigenvalue weighted by Gasteiger charge is 2.22.